The van der Waals surface area contributed by atoms with E-state index in [1.165, 1.54) is 15.8 Å². The molecule has 96 valence electrons. The van der Waals surface area contributed by atoms with Crippen LogP contribution in [0.3, 0.4) is 0 Å². The Balaban J connectivity index is 1.96. The van der Waals surface area contributed by atoms with Gasteiger partial charge in [0.1, 0.15) is 5.82 Å². The zero-order valence-corrected chi connectivity index (χ0v) is 11.6. The monoisotopic (exact) mass is 263 g/mol. The van der Waals surface area contributed by atoms with Crippen molar-refractivity contribution >= 4 is 11.3 Å². The summed E-state index contributed by atoms with van der Waals surface area (Å²) in [4.78, 5) is 2.69. The molecule has 0 aliphatic heterocycles. The first-order valence-corrected chi connectivity index (χ1v) is 7.07. The number of benzene rings is 1. The Morgan fingerprint density at radius 2 is 1.89 bits per heavy atom. The van der Waals surface area contributed by atoms with Crippen molar-refractivity contribution in [1.29, 1.82) is 0 Å². The highest BCUT2D eigenvalue weighted by Crippen LogP contribution is 2.20. The summed E-state index contributed by atoms with van der Waals surface area (Å²) in [5.74, 6) is -0.141. The molecule has 0 radical (unpaired) electrons. The molecule has 1 N–H and O–H groups in total. The molecule has 18 heavy (non-hydrogen) atoms. The topological polar surface area (TPSA) is 12.0 Å². The maximum atomic E-state index is 13.6. The fraction of sp³-hybridized carbons (Fsp3) is 0.333. The molecule has 0 bridgehead atoms. The Bertz CT molecular complexity index is 507. The Morgan fingerprint density at radius 3 is 2.56 bits per heavy atom. The number of halogens is 1. The van der Waals surface area contributed by atoms with Crippen molar-refractivity contribution in [2.24, 2.45) is 0 Å². The predicted octanol–water partition coefficient (Wildman–Crippen LogP) is 4.30. The molecule has 2 rings (SSSR count). The van der Waals surface area contributed by atoms with E-state index in [0.717, 1.165) is 18.5 Å². The van der Waals surface area contributed by atoms with Crippen molar-refractivity contribution in [2.45, 2.75) is 32.9 Å². The summed E-state index contributed by atoms with van der Waals surface area (Å²) < 4.78 is 13.6. The van der Waals surface area contributed by atoms with Gasteiger partial charge in [-0.3, -0.25) is 0 Å². The van der Waals surface area contributed by atoms with Crippen LogP contribution in [0.2, 0.25) is 0 Å². The SMILES string of the molecule is CCc1ccc(CNC(C)c2ccccc2F)s1. The zero-order chi connectivity index (χ0) is 13.0. The molecule has 0 aliphatic rings. The maximum Gasteiger partial charge on any atom is 0.127 e. The Morgan fingerprint density at radius 1 is 1.17 bits per heavy atom. The van der Waals surface area contributed by atoms with Crippen LogP contribution in [0.15, 0.2) is 36.4 Å². The fourth-order valence-electron chi connectivity index (χ4n) is 1.90. The molecule has 1 heterocycles. The highest BCUT2D eigenvalue weighted by Gasteiger charge is 2.09. The minimum atomic E-state index is -0.141. The van der Waals surface area contributed by atoms with E-state index >= 15 is 0 Å². The lowest BCUT2D eigenvalue weighted by Gasteiger charge is -2.14. The van der Waals surface area contributed by atoms with Gasteiger partial charge in [-0.05, 0) is 31.5 Å². The van der Waals surface area contributed by atoms with E-state index in [0.29, 0.717) is 0 Å². The number of rotatable bonds is 5. The van der Waals surface area contributed by atoms with Crippen LogP contribution in [-0.4, -0.2) is 0 Å². The van der Waals surface area contributed by atoms with Gasteiger partial charge in [-0.1, -0.05) is 25.1 Å². The lowest BCUT2D eigenvalue weighted by atomic mass is 10.1. The molecule has 1 nitrogen and oxygen atoms in total. The van der Waals surface area contributed by atoms with Gasteiger partial charge < -0.3 is 5.32 Å². The number of aryl methyl sites for hydroxylation is 1. The first kappa shape index (κ1) is 13.2. The second kappa shape index (κ2) is 6.12. The van der Waals surface area contributed by atoms with E-state index in [-0.39, 0.29) is 11.9 Å². The summed E-state index contributed by atoms with van der Waals surface area (Å²) in [6.07, 6.45) is 1.08. The van der Waals surface area contributed by atoms with Crippen LogP contribution >= 0.6 is 11.3 Å². The van der Waals surface area contributed by atoms with Gasteiger partial charge in [-0.25, -0.2) is 4.39 Å². The molecule has 0 spiro atoms. The van der Waals surface area contributed by atoms with Gasteiger partial charge in [0.2, 0.25) is 0 Å². The normalized spacial score (nSPS) is 12.6. The largest absolute Gasteiger partial charge is 0.305 e. The molecule has 0 aliphatic carbocycles. The third-order valence-corrected chi connectivity index (χ3v) is 4.25. The second-order valence-corrected chi connectivity index (χ2v) is 5.60. The average Bonchev–Trinajstić information content (AvgIpc) is 2.84. The number of hydrogen-bond donors (Lipinski definition) is 1. The van der Waals surface area contributed by atoms with Gasteiger partial charge in [0.05, 0.1) is 0 Å². The van der Waals surface area contributed by atoms with Crippen LogP contribution in [0.1, 0.15) is 35.2 Å². The van der Waals surface area contributed by atoms with Gasteiger partial charge >= 0.3 is 0 Å². The van der Waals surface area contributed by atoms with Crippen molar-refractivity contribution in [1.82, 2.24) is 5.32 Å². The third-order valence-electron chi connectivity index (χ3n) is 3.02. The maximum absolute atomic E-state index is 13.6. The molecule has 0 amide bonds. The van der Waals surface area contributed by atoms with Crippen LogP contribution < -0.4 is 5.32 Å². The van der Waals surface area contributed by atoms with E-state index in [4.69, 9.17) is 0 Å². The number of hydrogen-bond acceptors (Lipinski definition) is 2. The Kier molecular flexibility index (Phi) is 4.50. The van der Waals surface area contributed by atoms with Crippen LogP contribution in [0.5, 0.6) is 0 Å². The molecule has 1 aromatic carbocycles. The van der Waals surface area contributed by atoms with E-state index < -0.39 is 0 Å². The fourth-order valence-corrected chi connectivity index (χ4v) is 2.81. The first-order chi connectivity index (χ1) is 8.70. The molecule has 2 aromatic rings. The minimum absolute atomic E-state index is 0.0263. The summed E-state index contributed by atoms with van der Waals surface area (Å²) in [7, 11) is 0. The quantitative estimate of drug-likeness (QED) is 0.848. The van der Waals surface area contributed by atoms with Gasteiger partial charge in [-0.2, -0.15) is 0 Å². The van der Waals surface area contributed by atoms with E-state index in [1.807, 2.05) is 30.4 Å². The minimum Gasteiger partial charge on any atom is -0.305 e. The number of nitrogens with one attached hydrogen (secondary N) is 1. The third kappa shape index (κ3) is 3.18. The van der Waals surface area contributed by atoms with E-state index in [2.05, 4.69) is 24.4 Å². The summed E-state index contributed by atoms with van der Waals surface area (Å²) >= 11 is 1.82. The molecule has 0 fully saturated rings. The zero-order valence-electron chi connectivity index (χ0n) is 10.7. The van der Waals surface area contributed by atoms with Crippen molar-refractivity contribution in [2.75, 3.05) is 0 Å². The molecule has 3 heteroatoms. The molecule has 1 atom stereocenters. The van der Waals surface area contributed by atoms with Crippen LogP contribution in [0, 0.1) is 5.82 Å². The van der Waals surface area contributed by atoms with Crippen molar-refractivity contribution < 1.29 is 4.39 Å². The molecule has 1 aromatic heterocycles. The van der Waals surface area contributed by atoms with Gasteiger partial charge in [0.15, 0.2) is 0 Å². The lowest BCUT2D eigenvalue weighted by molar-refractivity contribution is 0.530. The summed E-state index contributed by atoms with van der Waals surface area (Å²) in [6.45, 7) is 4.94. The van der Waals surface area contributed by atoms with Crippen LogP contribution in [0.4, 0.5) is 4.39 Å². The van der Waals surface area contributed by atoms with E-state index in [9.17, 15) is 4.39 Å². The average molecular weight is 263 g/mol. The van der Waals surface area contributed by atoms with Crippen LogP contribution in [0.25, 0.3) is 0 Å². The summed E-state index contributed by atoms with van der Waals surface area (Å²) in [5, 5.41) is 3.36. The summed E-state index contributed by atoms with van der Waals surface area (Å²) in [6, 6.07) is 11.3. The van der Waals surface area contributed by atoms with Crippen molar-refractivity contribution in [3.63, 3.8) is 0 Å². The highest BCUT2D eigenvalue weighted by molar-refractivity contribution is 7.11. The lowest BCUT2D eigenvalue weighted by Crippen LogP contribution is -2.18. The predicted molar refractivity (Wildman–Crippen MR) is 75.4 cm³/mol. The van der Waals surface area contributed by atoms with Crippen molar-refractivity contribution in [3.05, 3.63) is 57.5 Å². The summed E-state index contributed by atoms with van der Waals surface area (Å²) in [5.41, 5.74) is 0.727. The molecule has 0 saturated heterocycles. The standard InChI is InChI=1S/C15H18FNS/c1-3-12-8-9-13(18-12)10-17-11(2)14-6-4-5-7-15(14)16/h4-9,11,17H,3,10H2,1-2H3. The molecule has 1 unspecified atom stereocenters. The second-order valence-electron chi connectivity index (χ2n) is 4.35. The van der Waals surface area contributed by atoms with Gasteiger partial charge in [0.25, 0.3) is 0 Å². The van der Waals surface area contributed by atoms with Crippen LogP contribution in [-0.2, 0) is 13.0 Å². The molecular weight excluding hydrogens is 245 g/mol. The Labute approximate surface area is 112 Å². The molecule has 0 saturated carbocycles. The number of thiophene rings is 1. The first-order valence-electron chi connectivity index (χ1n) is 6.26. The molecular formula is C15H18FNS. The van der Waals surface area contributed by atoms with Crippen molar-refractivity contribution in [3.8, 4) is 0 Å². The highest BCUT2D eigenvalue weighted by atomic mass is 32.1. The van der Waals surface area contributed by atoms with Gasteiger partial charge in [-0.15, -0.1) is 11.3 Å². The smallest absolute Gasteiger partial charge is 0.127 e. The van der Waals surface area contributed by atoms with E-state index in [1.54, 1.807) is 6.07 Å². The van der Waals surface area contributed by atoms with Gasteiger partial charge in [0, 0.05) is 27.9 Å². The Hall–Kier alpha value is -1.19.